The first-order valence-electron chi connectivity index (χ1n) is 10.8. The molecule has 2 aromatic heterocycles. The zero-order chi connectivity index (χ0) is 26.7. The highest BCUT2D eigenvalue weighted by molar-refractivity contribution is 5.95. The van der Waals surface area contributed by atoms with Gasteiger partial charge >= 0.3 is 24.6 Å². The first-order chi connectivity index (χ1) is 17.5. The largest absolute Gasteiger partial charge is 0.490 e. The van der Waals surface area contributed by atoms with E-state index < -0.39 is 24.5 Å². The number of aromatic nitrogens is 3. The van der Waals surface area contributed by atoms with Crippen LogP contribution in [0.2, 0.25) is 0 Å². The van der Waals surface area contributed by atoms with Gasteiger partial charge in [0.2, 0.25) is 5.89 Å². The second-order valence-corrected chi connectivity index (χ2v) is 8.02. The van der Waals surface area contributed by atoms with Gasteiger partial charge in [-0.1, -0.05) is 18.2 Å². The lowest BCUT2D eigenvalue weighted by Gasteiger charge is -2.44. The van der Waals surface area contributed by atoms with Crippen molar-refractivity contribution < 1.29 is 41.1 Å². The molecule has 15 heteroatoms. The molecule has 1 saturated heterocycles. The Bertz CT molecular complexity index is 1260. The number of carboxylic acid groups (broad SMARTS) is 1. The fraction of sp³-hybridized carbons (Fsp3) is 0.318. The van der Waals surface area contributed by atoms with Crippen LogP contribution in [0, 0.1) is 0 Å². The van der Waals surface area contributed by atoms with Crippen molar-refractivity contribution >= 4 is 17.7 Å². The van der Waals surface area contributed by atoms with E-state index in [1.165, 1.54) is 6.20 Å². The first kappa shape index (κ1) is 25.9. The maximum atomic E-state index is 13.2. The molecule has 196 valence electrons. The average Bonchev–Trinajstić information content (AvgIpc) is 3.32. The van der Waals surface area contributed by atoms with E-state index in [2.05, 4.69) is 20.5 Å². The number of hydrogen-bond donors (Lipinski definition) is 2. The lowest BCUT2D eigenvalue weighted by Crippen LogP contribution is -2.62. The second kappa shape index (κ2) is 10.5. The van der Waals surface area contributed by atoms with E-state index in [1.807, 2.05) is 29.2 Å². The molecule has 0 bridgehead atoms. The lowest BCUT2D eigenvalue weighted by atomic mass is 10.0. The molecule has 10 nitrogen and oxygen atoms in total. The Labute approximate surface area is 205 Å². The molecule has 2 N–H and O–H groups in total. The molecule has 0 saturated carbocycles. The number of benzene rings is 1. The highest BCUT2D eigenvalue weighted by Crippen LogP contribution is 2.31. The van der Waals surface area contributed by atoms with Gasteiger partial charge in [0.05, 0.1) is 29.5 Å². The Kier molecular flexibility index (Phi) is 7.33. The summed E-state index contributed by atoms with van der Waals surface area (Å²) in [6.45, 7) is 2.46. The number of urea groups is 1. The molecule has 5 rings (SSSR count). The van der Waals surface area contributed by atoms with Crippen molar-refractivity contribution in [3.63, 3.8) is 0 Å². The van der Waals surface area contributed by atoms with Gasteiger partial charge in [0.25, 0.3) is 5.89 Å². The summed E-state index contributed by atoms with van der Waals surface area (Å²) >= 11 is 0. The van der Waals surface area contributed by atoms with Crippen LogP contribution in [-0.4, -0.2) is 62.5 Å². The molecule has 3 aromatic rings. The number of hydrogen-bond acceptors (Lipinski definition) is 7. The number of pyridine rings is 1. The fourth-order valence-electron chi connectivity index (χ4n) is 3.59. The first-order valence-corrected chi connectivity index (χ1v) is 10.8. The van der Waals surface area contributed by atoms with Gasteiger partial charge in [0, 0.05) is 25.8 Å². The van der Waals surface area contributed by atoms with Crippen molar-refractivity contribution in [3.8, 4) is 11.5 Å². The van der Waals surface area contributed by atoms with Crippen LogP contribution in [0.3, 0.4) is 0 Å². The number of carbonyl (C=O) groups is 2. The maximum Gasteiger partial charge on any atom is 0.490 e. The molecule has 37 heavy (non-hydrogen) atoms. The number of nitrogens with zero attached hydrogens (tertiary/aromatic N) is 5. The van der Waals surface area contributed by atoms with Crippen molar-refractivity contribution in [2.45, 2.75) is 31.7 Å². The van der Waals surface area contributed by atoms with Crippen LogP contribution in [0.5, 0.6) is 0 Å². The minimum absolute atomic E-state index is 0.0209. The Morgan fingerprint density at radius 2 is 1.86 bits per heavy atom. The zero-order valence-electron chi connectivity index (χ0n) is 18.8. The monoisotopic (exact) mass is 526 g/mol. The van der Waals surface area contributed by atoms with E-state index in [4.69, 9.17) is 14.3 Å². The number of amides is 2. The van der Waals surface area contributed by atoms with Crippen LogP contribution in [0.25, 0.3) is 11.5 Å². The minimum atomic E-state index is -5.08. The standard InChI is InChI=1S/C20H18F2N6O2.C2HF3O2/c21-17(22)19-26-25-18(30-19)12-5-6-14(24-7-12)11-28-16-4-2-1-3-13(16)10-27(20(28)29)15-8-23-9-15;3-2(4,5)1(6)7/h1-7,15,17,23H,8-11H2;(H,6,7). The highest BCUT2D eigenvalue weighted by atomic mass is 19.4. The van der Waals surface area contributed by atoms with Crippen molar-refractivity contribution in [1.29, 1.82) is 0 Å². The molecule has 4 heterocycles. The topological polar surface area (TPSA) is 125 Å². The average molecular weight is 526 g/mol. The second-order valence-electron chi connectivity index (χ2n) is 8.02. The summed E-state index contributed by atoms with van der Waals surface area (Å²) in [5.74, 6) is -3.50. The number of anilines is 1. The Hall–Kier alpha value is -4.14. The molecule has 2 amide bonds. The summed E-state index contributed by atoms with van der Waals surface area (Å²) in [6, 6.07) is 11.4. The van der Waals surface area contributed by atoms with Gasteiger partial charge in [0.15, 0.2) is 0 Å². The van der Waals surface area contributed by atoms with Gasteiger partial charge in [-0.05, 0) is 23.8 Å². The third-order valence-electron chi connectivity index (χ3n) is 5.56. The number of rotatable bonds is 5. The number of para-hydroxylation sites is 1. The third-order valence-corrected chi connectivity index (χ3v) is 5.56. The molecular formula is C22H19F5N6O4. The smallest absolute Gasteiger partial charge is 0.475 e. The van der Waals surface area contributed by atoms with Gasteiger partial charge in [-0.3, -0.25) is 9.88 Å². The number of carboxylic acids is 1. The van der Waals surface area contributed by atoms with Gasteiger partial charge < -0.3 is 19.7 Å². The normalized spacial score (nSPS) is 15.7. The molecule has 0 spiro atoms. The van der Waals surface area contributed by atoms with Crippen LogP contribution >= 0.6 is 0 Å². The third kappa shape index (κ3) is 5.82. The van der Waals surface area contributed by atoms with Crippen LogP contribution in [0.4, 0.5) is 32.4 Å². The van der Waals surface area contributed by atoms with E-state index >= 15 is 0 Å². The predicted molar refractivity (Wildman–Crippen MR) is 116 cm³/mol. The molecule has 0 atom stereocenters. The number of fused-ring (bicyclic) bond motifs is 1. The molecule has 0 radical (unpaired) electrons. The van der Waals surface area contributed by atoms with Crippen molar-refractivity contribution in [3.05, 3.63) is 59.7 Å². The Morgan fingerprint density at radius 1 is 1.16 bits per heavy atom. The maximum absolute atomic E-state index is 13.2. The van der Waals surface area contributed by atoms with Crippen molar-refractivity contribution in [2.75, 3.05) is 18.0 Å². The minimum Gasteiger partial charge on any atom is -0.475 e. The van der Waals surface area contributed by atoms with E-state index in [9.17, 15) is 26.7 Å². The van der Waals surface area contributed by atoms with Gasteiger partial charge in [0.1, 0.15) is 0 Å². The van der Waals surface area contributed by atoms with Crippen LogP contribution in [0.15, 0.2) is 47.0 Å². The van der Waals surface area contributed by atoms with E-state index in [-0.39, 0.29) is 18.0 Å². The Balaban J connectivity index is 0.000000405. The molecule has 2 aliphatic heterocycles. The number of carbonyl (C=O) groups excluding carboxylic acids is 1. The number of nitrogens with one attached hydrogen (secondary N) is 1. The van der Waals surface area contributed by atoms with E-state index in [0.29, 0.717) is 24.3 Å². The van der Waals surface area contributed by atoms with Crippen LogP contribution < -0.4 is 10.2 Å². The number of halogens is 5. The predicted octanol–water partition coefficient (Wildman–Crippen LogP) is 3.62. The quantitative estimate of drug-likeness (QED) is 0.483. The van der Waals surface area contributed by atoms with Gasteiger partial charge in [-0.25, -0.2) is 9.59 Å². The van der Waals surface area contributed by atoms with Crippen molar-refractivity contribution in [1.82, 2.24) is 25.4 Å². The fourth-order valence-corrected chi connectivity index (χ4v) is 3.59. The number of alkyl halides is 5. The van der Waals surface area contributed by atoms with Gasteiger partial charge in [-0.15, -0.1) is 10.2 Å². The van der Waals surface area contributed by atoms with Gasteiger partial charge in [-0.2, -0.15) is 22.0 Å². The summed E-state index contributed by atoms with van der Waals surface area (Å²) < 4.78 is 62.0. The molecule has 1 aromatic carbocycles. The molecule has 1 fully saturated rings. The summed E-state index contributed by atoms with van der Waals surface area (Å²) in [7, 11) is 0. The van der Waals surface area contributed by atoms with E-state index in [1.54, 1.807) is 17.0 Å². The molecule has 0 unspecified atom stereocenters. The number of aliphatic carboxylic acids is 1. The van der Waals surface area contributed by atoms with E-state index in [0.717, 1.165) is 24.3 Å². The zero-order valence-corrected chi connectivity index (χ0v) is 18.8. The molecular weight excluding hydrogens is 507 g/mol. The molecule has 2 aliphatic rings. The van der Waals surface area contributed by atoms with Crippen LogP contribution in [-0.2, 0) is 17.9 Å². The summed E-state index contributed by atoms with van der Waals surface area (Å²) in [4.78, 5) is 30.1. The van der Waals surface area contributed by atoms with Crippen molar-refractivity contribution in [2.24, 2.45) is 0 Å². The summed E-state index contributed by atoms with van der Waals surface area (Å²) in [5, 5.41) is 17.3. The highest BCUT2D eigenvalue weighted by Gasteiger charge is 2.38. The SMILES string of the molecule is O=C(O)C(F)(F)F.O=C1N(Cc2ccc(-c3nnc(C(F)F)o3)cn2)c2ccccc2CN1C1CNC1. The summed E-state index contributed by atoms with van der Waals surface area (Å²) in [5.41, 5.74) is 3.05. The van der Waals surface area contributed by atoms with Crippen LogP contribution in [0.1, 0.15) is 23.6 Å². The molecule has 0 aliphatic carbocycles. The Morgan fingerprint density at radius 3 is 2.41 bits per heavy atom. The lowest BCUT2D eigenvalue weighted by molar-refractivity contribution is -0.192. The summed E-state index contributed by atoms with van der Waals surface area (Å²) in [6.07, 6.45) is -6.43.